The van der Waals surface area contributed by atoms with E-state index in [4.69, 9.17) is 5.84 Å². The Morgan fingerprint density at radius 2 is 2.00 bits per heavy atom. The summed E-state index contributed by atoms with van der Waals surface area (Å²) in [6, 6.07) is 10.2. The zero-order chi connectivity index (χ0) is 13.2. The van der Waals surface area contributed by atoms with Gasteiger partial charge in [-0.15, -0.1) is 11.3 Å². The average molecular weight is 270 g/mol. The second-order valence-electron chi connectivity index (χ2n) is 4.18. The molecule has 19 heavy (non-hydrogen) atoms. The highest BCUT2D eigenvalue weighted by molar-refractivity contribution is 7.17. The fourth-order valence-corrected chi connectivity index (χ4v) is 3.04. The summed E-state index contributed by atoms with van der Waals surface area (Å²) in [6.45, 7) is 2.03. The lowest BCUT2D eigenvalue weighted by atomic mass is 10.1. The minimum Gasteiger partial charge on any atom is -0.308 e. The quantitative estimate of drug-likeness (QED) is 0.566. The number of rotatable bonds is 3. The van der Waals surface area contributed by atoms with Crippen molar-refractivity contribution in [3.05, 3.63) is 41.5 Å². The molecule has 4 nitrogen and oxygen atoms in total. The van der Waals surface area contributed by atoms with E-state index < -0.39 is 0 Å². The van der Waals surface area contributed by atoms with E-state index in [0.717, 1.165) is 33.6 Å². The van der Waals surface area contributed by atoms with Gasteiger partial charge in [0.2, 0.25) is 0 Å². The first-order valence-corrected chi connectivity index (χ1v) is 7.01. The van der Waals surface area contributed by atoms with Crippen LogP contribution in [0.15, 0.2) is 35.7 Å². The van der Waals surface area contributed by atoms with Gasteiger partial charge in [0.25, 0.3) is 0 Å². The number of thiophene rings is 1. The molecule has 0 aliphatic carbocycles. The lowest BCUT2D eigenvalue weighted by Crippen LogP contribution is -2.10. The van der Waals surface area contributed by atoms with Crippen molar-refractivity contribution in [3.63, 3.8) is 0 Å². The van der Waals surface area contributed by atoms with Crippen molar-refractivity contribution in [2.45, 2.75) is 13.3 Å². The smallest absolute Gasteiger partial charge is 0.153 e. The van der Waals surface area contributed by atoms with E-state index in [1.54, 1.807) is 11.3 Å². The molecule has 3 N–H and O–H groups in total. The topological polar surface area (TPSA) is 63.8 Å². The van der Waals surface area contributed by atoms with Crippen molar-refractivity contribution in [1.29, 1.82) is 0 Å². The predicted octanol–water partition coefficient (Wildman–Crippen LogP) is 3.21. The van der Waals surface area contributed by atoms with Gasteiger partial charge in [-0.05, 0) is 5.56 Å². The van der Waals surface area contributed by atoms with Crippen molar-refractivity contribution in [1.82, 2.24) is 9.97 Å². The van der Waals surface area contributed by atoms with Crippen LogP contribution in [0.1, 0.15) is 12.7 Å². The standard InChI is InChI=1S/C14H14N4S/c1-2-11-16-13(18-15)12-10(8-19-14(12)17-11)9-6-4-3-5-7-9/h3-8H,2,15H2,1H3,(H,16,17,18). The zero-order valence-corrected chi connectivity index (χ0v) is 11.4. The number of anilines is 1. The lowest BCUT2D eigenvalue weighted by Gasteiger charge is -2.06. The van der Waals surface area contributed by atoms with Gasteiger partial charge in [0, 0.05) is 17.4 Å². The number of fused-ring (bicyclic) bond motifs is 1. The molecule has 2 heterocycles. The van der Waals surface area contributed by atoms with Gasteiger partial charge in [-0.1, -0.05) is 37.3 Å². The Morgan fingerprint density at radius 3 is 2.68 bits per heavy atom. The molecule has 2 aromatic heterocycles. The number of nitrogen functional groups attached to an aromatic ring is 1. The number of hydrogen-bond donors (Lipinski definition) is 2. The third-order valence-electron chi connectivity index (χ3n) is 3.02. The summed E-state index contributed by atoms with van der Waals surface area (Å²) in [5.74, 6) is 7.11. The molecule has 0 bridgehead atoms. The van der Waals surface area contributed by atoms with Crippen LogP contribution in [0.2, 0.25) is 0 Å². The fraction of sp³-hybridized carbons (Fsp3) is 0.143. The summed E-state index contributed by atoms with van der Waals surface area (Å²) in [6.07, 6.45) is 0.795. The van der Waals surface area contributed by atoms with E-state index in [2.05, 4.69) is 32.9 Å². The van der Waals surface area contributed by atoms with Crippen LogP contribution in [0.5, 0.6) is 0 Å². The highest BCUT2D eigenvalue weighted by Crippen LogP contribution is 2.36. The Morgan fingerprint density at radius 1 is 1.21 bits per heavy atom. The summed E-state index contributed by atoms with van der Waals surface area (Å²) >= 11 is 1.62. The van der Waals surface area contributed by atoms with E-state index in [9.17, 15) is 0 Å². The second-order valence-corrected chi connectivity index (χ2v) is 5.04. The van der Waals surface area contributed by atoms with Crippen LogP contribution in [0, 0.1) is 0 Å². The van der Waals surface area contributed by atoms with Crippen molar-refractivity contribution in [2.75, 3.05) is 5.43 Å². The molecule has 0 amide bonds. The Hall–Kier alpha value is -1.98. The van der Waals surface area contributed by atoms with Crippen LogP contribution < -0.4 is 11.3 Å². The average Bonchev–Trinajstić information content (AvgIpc) is 2.91. The first-order valence-electron chi connectivity index (χ1n) is 6.13. The van der Waals surface area contributed by atoms with E-state index in [1.165, 1.54) is 0 Å². The molecule has 3 rings (SSSR count). The van der Waals surface area contributed by atoms with Crippen LogP contribution in [0.25, 0.3) is 21.3 Å². The van der Waals surface area contributed by atoms with Crippen molar-refractivity contribution < 1.29 is 0 Å². The largest absolute Gasteiger partial charge is 0.308 e. The maximum atomic E-state index is 5.61. The van der Waals surface area contributed by atoms with Crippen molar-refractivity contribution >= 4 is 27.4 Å². The maximum Gasteiger partial charge on any atom is 0.153 e. The van der Waals surface area contributed by atoms with Crippen molar-refractivity contribution in [2.24, 2.45) is 5.84 Å². The van der Waals surface area contributed by atoms with Gasteiger partial charge >= 0.3 is 0 Å². The Kier molecular flexibility index (Phi) is 3.15. The molecule has 0 saturated heterocycles. The highest BCUT2D eigenvalue weighted by atomic mass is 32.1. The van der Waals surface area contributed by atoms with Crippen LogP contribution >= 0.6 is 11.3 Å². The van der Waals surface area contributed by atoms with Gasteiger partial charge in [0.05, 0.1) is 5.39 Å². The second kappa shape index (κ2) is 4.95. The van der Waals surface area contributed by atoms with Crippen LogP contribution in [-0.2, 0) is 6.42 Å². The van der Waals surface area contributed by atoms with Gasteiger partial charge in [-0.2, -0.15) is 0 Å². The molecule has 1 aromatic carbocycles. The third kappa shape index (κ3) is 2.07. The first-order chi connectivity index (χ1) is 9.33. The number of nitrogens with zero attached hydrogens (tertiary/aromatic N) is 2. The lowest BCUT2D eigenvalue weighted by molar-refractivity contribution is 0.962. The molecule has 0 fully saturated rings. The van der Waals surface area contributed by atoms with Crippen LogP contribution in [-0.4, -0.2) is 9.97 Å². The van der Waals surface area contributed by atoms with Crippen LogP contribution in [0.4, 0.5) is 5.82 Å². The molecule has 3 aromatic rings. The number of benzene rings is 1. The summed E-state index contributed by atoms with van der Waals surface area (Å²) in [5, 5.41) is 3.10. The van der Waals surface area contributed by atoms with Gasteiger partial charge in [0.1, 0.15) is 10.7 Å². The fourth-order valence-electron chi connectivity index (χ4n) is 2.08. The number of nitrogens with two attached hydrogens (primary N) is 1. The molecule has 0 spiro atoms. The molecule has 0 saturated carbocycles. The molecule has 0 aliphatic rings. The summed E-state index contributed by atoms with van der Waals surface area (Å²) in [7, 11) is 0. The Balaban J connectivity index is 2.28. The van der Waals surface area contributed by atoms with Gasteiger partial charge in [-0.25, -0.2) is 15.8 Å². The van der Waals surface area contributed by atoms with Crippen molar-refractivity contribution in [3.8, 4) is 11.1 Å². The molecule has 96 valence electrons. The summed E-state index contributed by atoms with van der Waals surface area (Å²) in [5.41, 5.74) is 4.97. The Bertz CT molecular complexity index is 706. The minimum atomic E-state index is 0.696. The molecular weight excluding hydrogens is 256 g/mol. The molecular formula is C14H14N4S. The number of aryl methyl sites for hydroxylation is 1. The normalized spacial score (nSPS) is 10.8. The molecule has 0 unspecified atom stereocenters. The predicted molar refractivity (Wildman–Crippen MR) is 80.0 cm³/mol. The van der Waals surface area contributed by atoms with E-state index in [0.29, 0.717) is 5.82 Å². The third-order valence-corrected chi connectivity index (χ3v) is 3.89. The van der Waals surface area contributed by atoms with E-state index >= 15 is 0 Å². The van der Waals surface area contributed by atoms with Gasteiger partial charge < -0.3 is 5.43 Å². The zero-order valence-electron chi connectivity index (χ0n) is 10.6. The SMILES string of the molecule is CCc1nc(NN)c2c(-c3ccccc3)csc2n1. The number of hydrogen-bond acceptors (Lipinski definition) is 5. The van der Waals surface area contributed by atoms with Gasteiger partial charge in [0.15, 0.2) is 5.82 Å². The Labute approximate surface area is 115 Å². The number of aromatic nitrogens is 2. The maximum absolute atomic E-state index is 5.61. The monoisotopic (exact) mass is 270 g/mol. The molecule has 5 heteroatoms. The first kappa shape index (κ1) is 12.1. The molecule has 0 aliphatic heterocycles. The number of hydrazine groups is 1. The summed E-state index contributed by atoms with van der Waals surface area (Å²) < 4.78 is 0. The summed E-state index contributed by atoms with van der Waals surface area (Å²) in [4.78, 5) is 9.99. The number of nitrogens with one attached hydrogen (secondary N) is 1. The molecule has 0 atom stereocenters. The van der Waals surface area contributed by atoms with E-state index in [1.807, 2.05) is 25.1 Å². The van der Waals surface area contributed by atoms with E-state index in [-0.39, 0.29) is 0 Å². The van der Waals surface area contributed by atoms with Gasteiger partial charge in [-0.3, -0.25) is 0 Å². The highest BCUT2D eigenvalue weighted by Gasteiger charge is 2.13. The minimum absolute atomic E-state index is 0.696. The van der Waals surface area contributed by atoms with Crippen LogP contribution in [0.3, 0.4) is 0 Å². The molecule has 0 radical (unpaired) electrons.